The number of piperidine rings is 2. The number of likely N-dealkylation sites (tertiary alicyclic amines) is 2. The number of rotatable bonds is 6. The Morgan fingerprint density at radius 1 is 1.15 bits per heavy atom. The van der Waals surface area contributed by atoms with E-state index >= 15 is 0 Å². The Labute approximate surface area is 175 Å². The van der Waals surface area contributed by atoms with Crippen molar-refractivity contribution >= 4 is 36.0 Å². The normalized spacial score (nSPS) is 20.5. The van der Waals surface area contributed by atoms with Gasteiger partial charge in [0.15, 0.2) is 5.96 Å². The van der Waals surface area contributed by atoms with Gasteiger partial charge in [0, 0.05) is 25.7 Å². The van der Waals surface area contributed by atoms with Crippen LogP contribution >= 0.6 is 24.0 Å². The third kappa shape index (κ3) is 7.85. The van der Waals surface area contributed by atoms with Gasteiger partial charge in [-0.1, -0.05) is 6.92 Å². The summed E-state index contributed by atoms with van der Waals surface area (Å²) in [6.07, 6.45) is 5.21. The molecule has 0 aromatic heterocycles. The highest BCUT2D eigenvalue weighted by atomic mass is 127. The number of nitrogens with zero attached hydrogens (tertiary/aromatic N) is 3. The summed E-state index contributed by atoms with van der Waals surface area (Å²) >= 11 is 0. The average Bonchev–Trinajstić information content (AvgIpc) is 2.62. The van der Waals surface area contributed by atoms with Gasteiger partial charge in [0.2, 0.25) is 0 Å². The van der Waals surface area contributed by atoms with Crippen molar-refractivity contribution in [3.63, 3.8) is 0 Å². The number of carbonyl (C=O) groups is 1. The number of halogens is 1. The Hall–Kier alpha value is -0.770. The first kappa shape index (κ1) is 23.3. The molecule has 1 amide bonds. The van der Waals surface area contributed by atoms with Crippen molar-refractivity contribution in [1.29, 1.82) is 0 Å². The molecule has 2 saturated heterocycles. The molecule has 0 unspecified atom stereocenters. The Bertz CT molecular complexity index is 433. The van der Waals surface area contributed by atoms with Crippen LogP contribution in [0.3, 0.4) is 0 Å². The molecule has 2 fully saturated rings. The van der Waals surface area contributed by atoms with Crippen LogP contribution in [0.4, 0.5) is 4.79 Å². The molecular formula is C18H36IN5O2. The molecule has 3 N–H and O–H groups in total. The van der Waals surface area contributed by atoms with Gasteiger partial charge in [-0.05, 0) is 64.6 Å². The molecular weight excluding hydrogens is 445 g/mol. The third-order valence-electron chi connectivity index (χ3n) is 5.14. The van der Waals surface area contributed by atoms with Crippen LogP contribution < -0.4 is 11.1 Å². The predicted octanol–water partition coefficient (Wildman–Crippen LogP) is 2.25. The highest BCUT2D eigenvalue weighted by Gasteiger charge is 2.24. The minimum Gasteiger partial charge on any atom is -0.450 e. The van der Waals surface area contributed by atoms with E-state index < -0.39 is 0 Å². The van der Waals surface area contributed by atoms with Crippen molar-refractivity contribution in [1.82, 2.24) is 15.1 Å². The summed E-state index contributed by atoms with van der Waals surface area (Å²) in [5.74, 6) is 1.20. The van der Waals surface area contributed by atoms with E-state index in [-0.39, 0.29) is 30.1 Å². The number of carbonyl (C=O) groups excluding carboxylic acids is 1. The first-order chi connectivity index (χ1) is 12.1. The maximum absolute atomic E-state index is 11.7. The van der Waals surface area contributed by atoms with E-state index in [4.69, 9.17) is 10.5 Å². The van der Waals surface area contributed by atoms with Crippen molar-refractivity contribution in [2.45, 2.75) is 52.0 Å². The fourth-order valence-corrected chi connectivity index (χ4v) is 3.61. The largest absolute Gasteiger partial charge is 0.450 e. The zero-order chi connectivity index (χ0) is 18.1. The second-order valence-corrected chi connectivity index (χ2v) is 7.12. The molecule has 0 aromatic rings. The van der Waals surface area contributed by atoms with Crippen molar-refractivity contribution in [2.75, 3.05) is 45.9 Å². The van der Waals surface area contributed by atoms with Crippen LogP contribution in [-0.2, 0) is 4.74 Å². The van der Waals surface area contributed by atoms with E-state index in [2.05, 4.69) is 22.1 Å². The van der Waals surface area contributed by atoms with E-state index in [1.165, 1.54) is 38.9 Å². The lowest BCUT2D eigenvalue weighted by atomic mass is 9.97. The Kier molecular flexibility index (Phi) is 11.3. The SMILES string of the molecule is CCCN1CCC(CN=C(N)NC2CCN(C(=O)OCC)CC2)CC1.I. The van der Waals surface area contributed by atoms with Crippen molar-refractivity contribution < 1.29 is 9.53 Å². The summed E-state index contributed by atoms with van der Waals surface area (Å²) in [6.45, 7) is 10.3. The third-order valence-corrected chi connectivity index (χ3v) is 5.14. The van der Waals surface area contributed by atoms with E-state index in [1.54, 1.807) is 4.90 Å². The monoisotopic (exact) mass is 481 g/mol. The molecule has 7 nitrogen and oxygen atoms in total. The van der Waals surface area contributed by atoms with Crippen LogP contribution in [-0.4, -0.2) is 73.8 Å². The number of aliphatic imine (C=N–C) groups is 1. The smallest absolute Gasteiger partial charge is 0.409 e. The zero-order valence-electron chi connectivity index (χ0n) is 16.3. The fourth-order valence-electron chi connectivity index (χ4n) is 3.61. The average molecular weight is 481 g/mol. The van der Waals surface area contributed by atoms with Crippen molar-refractivity contribution in [3.8, 4) is 0 Å². The van der Waals surface area contributed by atoms with Crippen molar-refractivity contribution in [3.05, 3.63) is 0 Å². The Balaban J connectivity index is 0.00000338. The molecule has 2 rings (SSSR count). The van der Waals surface area contributed by atoms with Gasteiger partial charge in [-0.15, -0.1) is 24.0 Å². The van der Waals surface area contributed by atoms with Crippen LogP contribution in [0, 0.1) is 5.92 Å². The summed E-state index contributed by atoms with van der Waals surface area (Å²) in [6, 6.07) is 0.292. The van der Waals surface area contributed by atoms with Gasteiger partial charge in [0.1, 0.15) is 0 Å². The summed E-state index contributed by atoms with van der Waals surface area (Å²) in [7, 11) is 0. The van der Waals surface area contributed by atoms with Crippen LogP contribution in [0.25, 0.3) is 0 Å². The Morgan fingerprint density at radius 2 is 1.81 bits per heavy atom. The first-order valence-electron chi connectivity index (χ1n) is 9.82. The van der Waals surface area contributed by atoms with Crippen LogP contribution in [0.5, 0.6) is 0 Å². The number of amides is 1. The number of hydrogen-bond acceptors (Lipinski definition) is 4. The lowest BCUT2D eigenvalue weighted by molar-refractivity contribution is 0.0963. The van der Waals surface area contributed by atoms with E-state index in [0.717, 1.165) is 19.4 Å². The second kappa shape index (κ2) is 12.6. The second-order valence-electron chi connectivity index (χ2n) is 7.12. The summed E-state index contributed by atoms with van der Waals surface area (Å²) in [4.78, 5) is 20.6. The number of nitrogens with one attached hydrogen (secondary N) is 1. The topological polar surface area (TPSA) is 83.2 Å². The van der Waals surface area contributed by atoms with Crippen LogP contribution in [0.1, 0.15) is 46.0 Å². The highest BCUT2D eigenvalue weighted by molar-refractivity contribution is 14.0. The fraction of sp³-hybridized carbons (Fsp3) is 0.889. The molecule has 0 spiro atoms. The van der Waals surface area contributed by atoms with E-state index in [9.17, 15) is 4.79 Å². The minimum atomic E-state index is -0.211. The maximum Gasteiger partial charge on any atom is 0.409 e. The molecule has 0 radical (unpaired) electrons. The van der Waals surface area contributed by atoms with Gasteiger partial charge >= 0.3 is 6.09 Å². The molecule has 152 valence electrons. The van der Waals surface area contributed by atoms with Gasteiger partial charge in [0.05, 0.1) is 6.61 Å². The van der Waals surface area contributed by atoms with E-state index in [0.29, 0.717) is 37.6 Å². The molecule has 0 aromatic carbocycles. The van der Waals surface area contributed by atoms with Gasteiger partial charge in [0.25, 0.3) is 0 Å². The number of hydrogen-bond donors (Lipinski definition) is 2. The van der Waals surface area contributed by atoms with Gasteiger partial charge < -0.3 is 25.6 Å². The number of ether oxygens (including phenoxy) is 1. The maximum atomic E-state index is 11.7. The van der Waals surface area contributed by atoms with E-state index in [1.807, 2.05) is 6.92 Å². The molecule has 0 aliphatic carbocycles. The number of nitrogens with two attached hydrogens (primary N) is 1. The standard InChI is InChI=1S/C18H35N5O2.HI/c1-3-9-22-10-5-15(6-11-22)14-20-17(19)21-16-7-12-23(13-8-16)18(24)25-4-2;/h15-16H,3-14H2,1-2H3,(H3,19,20,21);1H. The first-order valence-corrected chi connectivity index (χ1v) is 9.82. The predicted molar refractivity (Wildman–Crippen MR) is 116 cm³/mol. The summed E-state index contributed by atoms with van der Waals surface area (Å²) in [5, 5.41) is 3.32. The van der Waals surface area contributed by atoms with Gasteiger partial charge in [-0.2, -0.15) is 0 Å². The summed E-state index contributed by atoms with van der Waals surface area (Å²) in [5.41, 5.74) is 6.06. The summed E-state index contributed by atoms with van der Waals surface area (Å²) < 4.78 is 5.04. The van der Waals surface area contributed by atoms with Crippen LogP contribution in [0.2, 0.25) is 0 Å². The molecule has 0 bridgehead atoms. The quantitative estimate of drug-likeness (QED) is 0.346. The van der Waals surface area contributed by atoms with Gasteiger partial charge in [-0.25, -0.2) is 4.79 Å². The molecule has 2 aliphatic rings. The molecule has 26 heavy (non-hydrogen) atoms. The lowest BCUT2D eigenvalue weighted by Gasteiger charge is -2.32. The molecule has 2 aliphatic heterocycles. The van der Waals surface area contributed by atoms with Crippen LogP contribution in [0.15, 0.2) is 4.99 Å². The molecule has 8 heteroatoms. The molecule has 0 saturated carbocycles. The lowest BCUT2D eigenvalue weighted by Crippen LogP contribution is -2.48. The Morgan fingerprint density at radius 3 is 2.38 bits per heavy atom. The minimum absolute atomic E-state index is 0. The van der Waals surface area contributed by atoms with Gasteiger partial charge in [-0.3, -0.25) is 4.99 Å². The number of guanidine groups is 1. The zero-order valence-corrected chi connectivity index (χ0v) is 18.6. The highest BCUT2D eigenvalue weighted by Crippen LogP contribution is 2.17. The molecule has 2 heterocycles. The van der Waals surface area contributed by atoms with Crippen molar-refractivity contribution in [2.24, 2.45) is 16.6 Å². The molecule has 0 atom stereocenters.